The van der Waals surface area contributed by atoms with E-state index in [0.29, 0.717) is 42.6 Å². The van der Waals surface area contributed by atoms with Crippen molar-refractivity contribution in [2.75, 3.05) is 19.8 Å². The van der Waals surface area contributed by atoms with Crippen LogP contribution < -0.4 is 16.2 Å². The summed E-state index contributed by atoms with van der Waals surface area (Å²) in [7, 11) is 3.06. The number of carbonyl (C=O) groups excluding carboxylic acids is 2. The van der Waals surface area contributed by atoms with Crippen LogP contribution in [0.4, 0.5) is 4.39 Å². The van der Waals surface area contributed by atoms with Gasteiger partial charge in [-0.1, -0.05) is 12.1 Å². The summed E-state index contributed by atoms with van der Waals surface area (Å²) in [4.78, 5) is 50.6. The van der Waals surface area contributed by atoms with Gasteiger partial charge in [-0.2, -0.15) is 0 Å². The number of carbonyl (C=O) groups is 2. The van der Waals surface area contributed by atoms with E-state index in [-0.39, 0.29) is 30.1 Å². The number of hydrogen-bond acceptors (Lipinski definition) is 9. The SMILES string of the molecule is Cc1cc(CNC(=O)c2nc3n(c(=O)c2O)CC2(CSc4ccncc4)CCC3(NC(O)C(=O)N(C)C)CC2)ccc1F. The number of nitrogens with zero attached hydrogens (tertiary/aromatic N) is 4. The third-order valence-corrected chi connectivity index (χ3v) is 9.77. The summed E-state index contributed by atoms with van der Waals surface area (Å²) in [5.74, 6) is -1.62. The maximum absolute atomic E-state index is 13.7. The van der Waals surface area contributed by atoms with E-state index in [2.05, 4.69) is 20.6 Å². The predicted octanol–water partition coefficient (Wildman–Crippen LogP) is 2.28. The zero-order valence-corrected chi connectivity index (χ0v) is 25.1. The van der Waals surface area contributed by atoms with Crippen LogP contribution in [0.15, 0.2) is 52.4 Å². The molecule has 1 aliphatic carbocycles. The molecular formula is C30H35FN6O5S. The second-order valence-corrected chi connectivity index (χ2v) is 12.7. The van der Waals surface area contributed by atoms with Gasteiger partial charge in [0.2, 0.25) is 5.75 Å². The van der Waals surface area contributed by atoms with Crippen LogP contribution in [0.1, 0.15) is 53.1 Å². The van der Waals surface area contributed by atoms with Crippen LogP contribution in [0.5, 0.6) is 5.75 Å². The Morgan fingerprint density at radius 3 is 2.51 bits per heavy atom. The van der Waals surface area contributed by atoms with Gasteiger partial charge in [-0.25, -0.2) is 9.37 Å². The predicted molar refractivity (Wildman–Crippen MR) is 158 cm³/mol. The van der Waals surface area contributed by atoms with Gasteiger partial charge < -0.3 is 20.4 Å². The number of hydrogen-bond donors (Lipinski definition) is 4. The van der Waals surface area contributed by atoms with E-state index in [4.69, 9.17) is 0 Å². The number of halogens is 1. The number of amides is 2. The lowest BCUT2D eigenvalue weighted by Crippen LogP contribution is -2.56. The largest absolute Gasteiger partial charge is 0.501 e. The number of aryl methyl sites for hydroxylation is 1. The molecule has 2 bridgehead atoms. The lowest BCUT2D eigenvalue weighted by molar-refractivity contribution is -0.141. The highest BCUT2D eigenvalue weighted by Gasteiger charge is 2.52. The van der Waals surface area contributed by atoms with Gasteiger partial charge in [0.05, 0.1) is 5.54 Å². The van der Waals surface area contributed by atoms with Crippen LogP contribution in [-0.2, 0) is 23.4 Å². The summed E-state index contributed by atoms with van der Waals surface area (Å²) in [6, 6.07) is 8.27. The molecule has 1 fully saturated rings. The van der Waals surface area contributed by atoms with Crippen molar-refractivity contribution in [3.63, 3.8) is 0 Å². The maximum Gasteiger partial charge on any atom is 0.296 e. The number of fused-ring (bicyclic) bond motifs is 2. The van der Waals surface area contributed by atoms with Crippen LogP contribution in [0, 0.1) is 18.2 Å². The summed E-state index contributed by atoms with van der Waals surface area (Å²) in [6.07, 6.45) is 4.04. The topological polar surface area (TPSA) is 150 Å². The van der Waals surface area contributed by atoms with Gasteiger partial charge in [-0.05, 0) is 67.3 Å². The maximum atomic E-state index is 13.7. The van der Waals surface area contributed by atoms with Gasteiger partial charge >= 0.3 is 0 Å². The fourth-order valence-electron chi connectivity index (χ4n) is 5.86. The van der Waals surface area contributed by atoms with E-state index in [1.54, 1.807) is 37.1 Å². The summed E-state index contributed by atoms with van der Waals surface area (Å²) >= 11 is 1.65. The number of aromatic hydroxyl groups is 1. The minimum absolute atomic E-state index is 0.0221. The number of benzene rings is 1. The highest BCUT2D eigenvalue weighted by molar-refractivity contribution is 7.99. The van der Waals surface area contributed by atoms with Crippen molar-refractivity contribution in [3.8, 4) is 5.75 Å². The van der Waals surface area contributed by atoms with Crippen molar-refractivity contribution in [1.82, 2.24) is 30.1 Å². The number of aliphatic hydroxyl groups excluding tert-OH is 1. The van der Waals surface area contributed by atoms with Gasteiger partial charge in [0.25, 0.3) is 17.4 Å². The average molecular weight is 611 g/mol. The normalized spacial score (nSPS) is 21.5. The molecule has 43 heavy (non-hydrogen) atoms. The van der Waals surface area contributed by atoms with Gasteiger partial charge in [0.1, 0.15) is 11.6 Å². The van der Waals surface area contributed by atoms with Crippen molar-refractivity contribution in [2.45, 2.75) is 62.4 Å². The number of aromatic nitrogens is 3. The second kappa shape index (κ2) is 12.1. The average Bonchev–Trinajstić information content (AvgIpc) is 3.21. The van der Waals surface area contributed by atoms with Gasteiger partial charge in [-0.3, -0.25) is 29.3 Å². The molecule has 0 saturated heterocycles. The summed E-state index contributed by atoms with van der Waals surface area (Å²) in [5, 5.41) is 27.5. The Kier molecular flexibility index (Phi) is 8.59. The van der Waals surface area contributed by atoms with Crippen molar-refractivity contribution in [3.05, 3.63) is 81.5 Å². The fourth-order valence-corrected chi connectivity index (χ4v) is 7.03. The third kappa shape index (κ3) is 6.15. The highest BCUT2D eigenvalue weighted by atomic mass is 32.2. The minimum Gasteiger partial charge on any atom is -0.501 e. The molecule has 4 N–H and O–H groups in total. The van der Waals surface area contributed by atoms with Crippen LogP contribution >= 0.6 is 11.8 Å². The lowest BCUT2D eigenvalue weighted by Gasteiger charge is -2.43. The lowest BCUT2D eigenvalue weighted by atomic mass is 9.69. The molecule has 4 heterocycles. The quantitative estimate of drug-likeness (QED) is 0.211. The fraction of sp³-hybridized carbons (Fsp3) is 0.433. The molecule has 1 aromatic carbocycles. The summed E-state index contributed by atoms with van der Waals surface area (Å²) < 4.78 is 15.1. The summed E-state index contributed by atoms with van der Waals surface area (Å²) in [5.41, 5.74) is -1.62. The molecule has 2 aliphatic heterocycles. The molecule has 2 aromatic heterocycles. The first-order valence-electron chi connectivity index (χ1n) is 14.0. The van der Waals surface area contributed by atoms with Crippen LogP contribution in [0.2, 0.25) is 0 Å². The molecule has 1 atom stereocenters. The number of rotatable bonds is 9. The molecule has 1 unspecified atom stereocenters. The molecular weight excluding hydrogens is 575 g/mol. The number of pyridine rings is 1. The Morgan fingerprint density at radius 2 is 1.86 bits per heavy atom. The third-order valence-electron chi connectivity index (χ3n) is 8.40. The van der Waals surface area contributed by atoms with Gasteiger partial charge in [0.15, 0.2) is 11.9 Å². The molecule has 0 radical (unpaired) electrons. The van der Waals surface area contributed by atoms with Crippen molar-refractivity contribution >= 4 is 23.6 Å². The Bertz CT molecular complexity index is 1590. The Morgan fingerprint density at radius 1 is 1.16 bits per heavy atom. The number of thioether (sulfide) groups is 1. The van der Waals surface area contributed by atoms with E-state index >= 15 is 0 Å². The van der Waals surface area contributed by atoms with E-state index in [0.717, 1.165) is 4.90 Å². The molecule has 13 heteroatoms. The Labute approximate surface area is 252 Å². The first kappa shape index (κ1) is 30.6. The first-order chi connectivity index (χ1) is 20.4. The molecule has 3 aliphatic rings. The zero-order valence-electron chi connectivity index (χ0n) is 24.3. The molecule has 3 aromatic rings. The van der Waals surface area contributed by atoms with Gasteiger partial charge in [-0.15, -0.1) is 11.8 Å². The first-order valence-corrected chi connectivity index (χ1v) is 15.0. The molecule has 228 valence electrons. The Balaban J connectivity index is 1.51. The van der Waals surface area contributed by atoms with Crippen LogP contribution in [0.25, 0.3) is 0 Å². The van der Waals surface area contributed by atoms with Gasteiger partial charge in [0, 0.05) is 50.2 Å². The van der Waals surface area contributed by atoms with E-state index in [1.807, 2.05) is 12.1 Å². The van der Waals surface area contributed by atoms with E-state index in [1.165, 1.54) is 35.7 Å². The molecule has 11 nitrogen and oxygen atoms in total. The number of aliphatic hydroxyl groups is 1. The highest BCUT2D eigenvalue weighted by Crippen LogP contribution is 2.51. The Hall–Kier alpha value is -3.81. The second-order valence-electron chi connectivity index (χ2n) is 11.6. The number of likely N-dealkylation sites (N-methyl/N-ethyl adjacent to an activating group) is 1. The van der Waals surface area contributed by atoms with Crippen LogP contribution in [0.3, 0.4) is 0 Å². The smallest absolute Gasteiger partial charge is 0.296 e. The van der Waals surface area contributed by atoms with Crippen molar-refractivity contribution < 1.29 is 24.2 Å². The van der Waals surface area contributed by atoms with Crippen molar-refractivity contribution in [1.29, 1.82) is 0 Å². The molecule has 6 rings (SSSR count). The monoisotopic (exact) mass is 610 g/mol. The minimum atomic E-state index is -1.58. The molecule has 0 spiro atoms. The van der Waals surface area contributed by atoms with E-state index in [9.17, 15) is 29.0 Å². The number of nitrogens with one attached hydrogen (secondary N) is 2. The zero-order chi connectivity index (χ0) is 30.9. The summed E-state index contributed by atoms with van der Waals surface area (Å²) in [6.45, 7) is 1.88. The molecule has 1 saturated carbocycles. The standard InChI is InChI=1S/C30H35FN6O5S/c1-18-14-19(4-5-21(18)31)15-33-24(39)22-23(38)26(41)37-16-29(17-43-20-6-12-32-13-7-20)8-10-30(11-9-29,28(37)34-22)35-25(40)27(42)36(2)3/h4-7,12-14,25,35,38,40H,8-11,15-17H2,1-3H3,(H,33,39). The van der Waals surface area contributed by atoms with E-state index < -0.39 is 40.6 Å². The van der Waals surface area contributed by atoms with Crippen molar-refractivity contribution in [2.24, 2.45) is 5.41 Å². The molecule has 2 amide bonds. The van der Waals surface area contributed by atoms with Crippen LogP contribution in [-0.4, -0.2) is 67.5 Å².